The average molecular weight is 488 g/mol. The van der Waals surface area contributed by atoms with Crippen LogP contribution in [0.3, 0.4) is 0 Å². The number of nitrogens with one attached hydrogen (secondary N) is 1. The number of ether oxygens (including phenoxy) is 1. The van der Waals surface area contributed by atoms with Crippen LogP contribution >= 0.6 is 11.8 Å². The number of para-hydroxylation sites is 1. The van der Waals surface area contributed by atoms with Crippen molar-refractivity contribution < 1.29 is 17.9 Å². The number of hydrogen-bond acceptors (Lipinski definition) is 7. The van der Waals surface area contributed by atoms with Crippen LogP contribution in [0.1, 0.15) is 30.1 Å². The van der Waals surface area contributed by atoms with Crippen LogP contribution in [0.15, 0.2) is 58.5 Å². The maximum atomic E-state index is 13.2. The Hall–Kier alpha value is -2.69. The number of nitrogens with zero attached hydrogens (tertiary/aromatic N) is 2. The number of anilines is 1. The van der Waals surface area contributed by atoms with Crippen LogP contribution in [-0.2, 0) is 21.3 Å². The number of sulfonamides is 1. The standard InChI is InChI=1S/C23H25N3O5S2/c1-15(21(27)16-9-11-17(12-10-16)25-33(2,29)30)32-23-24-20-8-4-3-7-19(20)22(28)26(23)14-18-6-5-13-31-18/h3-4,7-12,15,18,25H,5-6,13-14H2,1-2H3/t15-,18+/m1/s1. The average Bonchev–Trinajstić information content (AvgIpc) is 3.28. The zero-order valence-electron chi connectivity index (χ0n) is 18.4. The van der Waals surface area contributed by atoms with Gasteiger partial charge in [0, 0.05) is 17.9 Å². The van der Waals surface area contributed by atoms with Gasteiger partial charge in [-0.3, -0.25) is 18.9 Å². The molecule has 3 aromatic rings. The van der Waals surface area contributed by atoms with Gasteiger partial charge in [0.25, 0.3) is 5.56 Å². The predicted molar refractivity (Wildman–Crippen MR) is 130 cm³/mol. The predicted octanol–water partition coefficient (Wildman–Crippen LogP) is 3.31. The Balaban J connectivity index is 1.60. The summed E-state index contributed by atoms with van der Waals surface area (Å²) in [5.41, 5.74) is 1.28. The van der Waals surface area contributed by atoms with Gasteiger partial charge in [-0.2, -0.15) is 0 Å². The molecule has 174 valence electrons. The second kappa shape index (κ2) is 9.66. The summed E-state index contributed by atoms with van der Waals surface area (Å²) in [5, 5.41) is 0.501. The van der Waals surface area contributed by atoms with Gasteiger partial charge in [-0.25, -0.2) is 13.4 Å². The van der Waals surface area contributed by atoms with E-state index < -0.39 is 15.3 Å². The molecule has 0 unspecified atom stereocenters. The monoisotopic (exact) mass is 487 g/mol. The summed E-state index contributed by atoms with van der Waals surface area (Å²) in [4.78, 5) is 31.0. The highest BCUT2D eigenvalue weighted by atomic mass is 32.2. The SMILES string of the molecule is C[C@@H](Sc1nc2ccccc2c(=O)n1C[C@@H]1CCCO1)C(=O)c1ccc(NS(C)(=O)=O)cc1. The van der Waals surface area contributed by atoms with Gasteiger partial charge >= 0.3 is 0 Å². The van der Waals surface area contributed by atoms with Crippen molar-refractivity contribution in [1.29, 1.82) is 0 Å². The smallest absolute Gasteiger partial charge is 0.262 e. The number of benzene rings is 2. The molecule has 1 saturated heterocycles. The Morgan fingerprint density at radius 2 is 1.97 bits per heavy atom. The number of rotatable bonds is 8. The first-order valence-corrected chi connectivity index (χ1v) is 13.4. The third kappa shape index (κ3) is 5.63. The Labute approximate surface area is 196 Å². The van der Waals surface area contributed by atoms with Crippen molar-refractivity contribution in [2.75, 3.05) is 17.6 Å². The zero-order chi connectivity index (χ0) is 23.6. The fourth-order valence-electron chi connectivity index (χ4n) is 3.75. The molecule has 10 heteroatoms. The van der Waals surface area contributed by atoms with Crippen LogP contribution in [0.5, 0.6) is 0 Å². The highest BCUT2D eigenvalue weighted by Crippen LogP contribution is 2.27. The number of Topliss-reactive ketones (excluding diaryl/α,β-unsaturated/α-hetero) is 1. The van der Waals surface area contributed by atoms with E-state index in [2.05, 4.69) is 9.71 Å². The number of carbonyl (C=O) groups excluding carboxylic acids is 1. The van der Waals surface area contributed by atoms with Crippen molar-refractivity contribution >= 4 is 44.2 Å². The Kier molecular flexibility index (Phi) is 6.87. The van der Waals surface area contributed by atoms with E-state index >= 15 is 0 Å². The van der Waals surface area contributed by atoms with Crippen molar-refractivity contribution in [1.82, 2.24) is 9.55 Å². The Morgan fingerprint density at radius 3 is 2.64 bits per heavy atom. The van der Waals surface area contributed by atoms with Gasteiger partial charge in [0.1, 0.15) is 0 Å². The van der Waals surface area contributed by atoms with Crippen LogP contribution in [0.2, 0.25) is 0 Å². The fraction of sp³-hybridized carbons (Fsp3) is 0.348. The lowest BCUT2D eigenvalue weighted by molar-refractivity contribution is 0.0937. The molecule has 2 aromatic carbocycles. The molecule has 2 heterocycles. The van der Waals surface area contributed by atoms with E-state index in [-0.39, 0.29) is 17.4 Å². The first kappa shape index (κ1) is 23.5. The van der Waals surface area contributed by atoms with Crippen molar-refractivity contribution in [3.63, 3.8) is 0 Å². The summed E-state index contributed by atoms with van der Waals surface area (Å²) in [5.74, 6) is -0.142. The molecule has 1 aliphatic heterocycles. The number of fused-ring (bicyclic) bond motifs is 1. The van der Waals surface area contributed by atoms with Gasteiger partial charge in [-0.05, 0) is 56.2 Å². The minimum atomic E-state index is -3.39. The molecule has 0 aliphatic carbocycles. The number of hydrogen-bond donors (Lipinski definition) is 1. The molecule has 0 amide bonds. The molecule has 8 nitrogen and oxygen atoms in total. The van der Waals surface area contributed by atoms with E-state index in [0.29, 0.717) is 40.5 Å². The third-order valence-corrected chi connectivity index (χ3v) is 7.06. The summed E-state index contributed by atoms with van der Waals surface area (Å²) in [6, 6.07) is 13.4. The van der Waals surface area contributed by atoms with Crippen LogP contribution in [0, 0.1) is 0 Å². The molecule has 0 radical (unpaired) electrons. The summed E-state index contributed by atoms with van der Waals surface area (Å²) < 4.78 is 32.5. The summed E-state index contributed by atoms with van der Waals surface area (Å²) in [6.45, 7) is 2.85. The van der Waals surface area contributed by atoms with Crippen molar-refractivity contribution in [2.24, 2.45) is 0 Å². The molecule has 4 rings (SSSR count). The summed E-state index contributed by atoms with van der Waals surface area (Å²) in [6.07, 6.45) is 2.86. The highest BCUT2D eigenvalue weighted by Gasteiger charge is 2.24. The van der Waals surface area contributed by atoms with Gasteiger partial charge in [-0.15, -0.1) is 0 Å². The largest absolute Gasteiger partial charge is 0.376 e. The van der Waals surface area contributed by atoms with Crippen molar-refractivity contribution in [3.8, 4) is 0 Å². The topological polar surface area (TPSA) is 107 Å². The Bertz CT molecular complexity index is 1330. The number of thioether (sulfide) groups is 1. The molecule has 0 saturated carbocycles. The van der Waals surface area contributed by atoms with E-state index in [9.17, 15) is 18.0 Å². The van der Waals surface area contributed by atoms with Crippen LogP contribution in [-0.4, -0.2) is 48.0 Å². The van der Waals surface area contributed by atoms with Gasteiger partial charge in [0.15, 0.2) is 10.9 Å². The number of carbonyl (C=O) groups is 1. The minimum absolute atomic E-state index is 0.0501. The number of aromatic nitrogens is 2. The van der Waals surface area contributed by atoms with Gasteiger partial charge in [-0.1, -0.05) is 23.9 Å². The molecule has 1 fully saturated rings. The molecular weight excluding hydrogens is 462 g/mol. The molecule has 2 atom stereocenters. The maximum absolute atomic E-state index is 13.2. The molecule has 1 aromatic heterocycles. The lowest BCUT2D eigenvalue weighted by Gasteiger charge is -2.18. The first-order chi connectivity index (χ1) is 15.7. The zero-order valence-corrected chi connectivity index (χ0v) is 20.0. The van der Waals surface area contributed by atoms with E-state index in [1.54, 1.807) is 47.9 Å². The van der Waals surface area contributed by atoms with Crippen LogP contribution in [0.4, 0.5) is 5.69 Å². The number of ketones is 1. The maximum Gasteiger partial charge on any atom is 0.262 e. The minimum Gasteiger partial charge on any atom is -0.376 e. The second-order valence-corrected chi connectivity index (χ2v) is 11.1. The van der Waals surface area contributed by atoms with Crippen LogP contribution in [0.25, 0.3) is 10.9 Å². The van der Waals surface area contributed by atoms with Gasteiger partial charge < -0.3 is 4.74 Å². The fourth-order valence-corrected chi connectivity index (χ4v) is 5.31. The van der Waals surface area contributed by atoms with Crippen molar-refractivity contribution in [3.05, 3.63) is 64.4 Å². The highest BCUT2D eigenvalue weighted by molar-refractivity contribution is 8.00. The summed E-state index contributed by atoms with van der Waals surface area (Å²) in [7, 11) is -3.39. The van der Waals surface area contributed by atoms with E-state index in [1.807, 2.05) is 12.1 Å². The van der Waals surface area contributed by atoms with Crippen molar-refractivity contribution in [2.45, 2.75) is 42.8 Å². The normalized spacial score (nSPS) is 17.2. The lowest BCUT2D eigenvalue weighted by Crippen LogP contribution is -2.29. The molecule has 0 bridgehead atoms. The van der Waals surface area contributed by atoms with E-state index in [4.69, 9.17) is 4.74 Å². The lowest BCUT2D eigenvalue weighted by atomic mass is 10.1. The van der Waals surface area contributed by atoms with E-state index in [0.717, 1.165) is 19.1 Å². The molecule has 0 spiro atoms. The van der Waals surface area contributed by atoms with E-state index in [1.165, 1.54) is 11.8 Å². The first-order valence-electron chi connectivity index (χ1n) is 10.6. The second-order valence-electron chi connectivity index (χ2n) is 8.04. The van der Waals surface area contributed by atoms with Crippen LogP contribution < -0.4 is 10.3 Å². The van der Waals surface area contributed by atoms with Gasteiger partial charge in [0.2, 0.25) is 10.0 Å². The molecule has 1 aliphatic rings. The molecule has 33 heavy (non-hydrogen) atoms. The summed E-state index contributed by atoms with van der Waals surface area (Å²) >= 11 is 1.23. The third-order valence-electron chi connectivity index (χ3n) is 5.36. The molecular formula is C23H25N3O5S2. The van der Waals surface area contributed by atoms with Gasteiger partial charge in [0.05, 0.1) is 35.1 Å². The quantitative estimate of drug-likeness (QED) is 0.295. The Morgan fingerprint density at radius 1 is 1.24 bits per heavy atom. The molecule has 1 N–H and O–H groups in total.